The molecule has 1 spiro atoms. The van der Waals surface area contributed by atoms with Gasteiger partial charge in [0, 0.05) is 29.6 Å². The van der Waals surface area contributed by atoms with Crippen molar-refractivity contribution in [1.29, 1.82) is 0 Å². The summed E-state index contributed by atoms with van der Waals surface area (Å²) >= 11 is 0. The maximum Gasteiger partial charge on any atom is 0.306 e. The van der Waals surface area contributed by atoms with Gasteiger partial charge in [-0.1, -0.05) is 25.8 Å². The zero-order chi connectivity index (χ0) is 22.9. The summed E-state index contributed by atoms with van der Waals surface area (Å²) in [6, 6.07) is 0. The molecule has 6 heteroatoms. The van der Waals surface area contributed by atoms with Crippen molar-refractivity contribution in [2.45, 2.75) is 95.7 Å². The quantitative estimate of drug-likeness (QED) is 0.610. The molecule has 0 unspecified atom stereocenters. The molecule has 0 bridgehead atoms. The number of ether oxygens (including phenoxy) is 1. The molecule has 0 aliphatic heterocycles. The highest BCUT2D eigenvalue weighted by molar-refractivity contribution is 5.93. The van der Waals surface area contributed by atoms with Crippen LogP contribution in [-0.4, -0.2) is 45.6 Å². The number of hydrogen-bond donors (Lipinski definition) is 2. The Morgan fingerprint density at radius 2 is 1.97 bits per heavy atom. The van der Waals surface area contributed by atoms with Gasteiger partial charge < -0.3 is 14.9 Å². The van der Waals surface area contributed by atoms with Crippen molar-refractivity contribution in [2.24, 2.45) is 28.6 Å². The van der Waals surface area contributed by atoms with Crippen molar-refractivity contribution in [3.05, 3.63) is 11.6 Å². The zero-order valence-electron chi connectivity index (χ0n) is 19.3. The molecule has 0 amide bonds. The van der Waals surface area contributed by atoms with Gasteiger partial charge in [-0.15, -0.1) is 0 Å². The third-order valence-electron chi connectivity index (χ3n) is 10.1. The molecular weight excluding hydrogens is 408 g/mol. The predicted molar refractivity (Wildman–Crippen MR) is 116 cm³/mol. The first kappa shape index (κ1) is 22.3. The van der Waals surface area contributed by atoms with Crippen LogP contribution in [0.2, 0.25) is 0 Å². The topological polar surface area (TPSA) is 101 Å². The van der Waals surface area contributed by atoms with Gasteiger partial charge in [0.05, 0.1) is 5.60 Å². The molecule has 5 aliphatic rings. The van der Waals surface area contributed by atoms with Gasteiger partial charge >= 0.3 is 5.97 Å². The van der Waals surface area contributed by atoms with Gasteiger partial charge in [0.25, 0.3) is 0 Å². The van der Waals surface area contributed by atoms with Crippen LogP contribution in [0, 0.1) is 28.6 Å². The van der Waals surface area contributed by atoms with E-state index in [1.165, 1.54) is 5.57 Å². The molecular formula is C26H36O6. The summed E-state index contributed by atoms with van der Waals surface area (Å²) in [4.78, 5) is 38.0. The summed E-state index contributed by atoms with van der Waals surface area (Å²) in [7, 11) is 0. The van der Waals surface area contributed by atoms with Crippen molar-refractivity contribution in [2.75, 3.05) is 6.61 Å². The fourth-order valence-corrected chi connectivity index (χ4v) is 9.08. The molecule has 0 aromatic carbocycles. The van der Waals surface area contributed by atoms with Crippen molar-refractivity contribution >= 4 is 17.5 Å². The number of Topliss-reactive ketones (excluding diaryl/α,β-unsaturated/α-hetero) is 1. The van der Waals surface area contributed by atoms with E-state index in [1.54, 1.807) is 0 Å². The lowest BCUT2D eigenvalue weighted by Gasteiger charge is -2.73. The summed E-state index contributed by atoms with van der Waals surface area (Å²) < 4.78 is 6.02. The zero-order valence-corrected chi connectivity index (χ0v) is 19.3. The van der Waals surface area contributed by atoms with Crippen LogP contribution in [0.25, 0.3) is 0 Å². The molecule has 0 radical (unpaired) electrons. The number of unbranched alkanes of at least 4 members (excludes halogenated alkanes) is 1. The van der Waals surface area contributed by atoms with E-state index in [4.69, 9.17) is 4.74 Å². The van der Waals surface area contributed by atoms with Crippen LogP contribution >= 0.6 is 0 Å². The lowest BCUT2D eigenvalue weighted by Crippen LogP contribution is -2.74. The van der Waals surface area contributed by atoms with E-state index in [0.717, 1.165) is 32.1 Å². The molecule has 5 aliphatic carbocycles. The summed E-state index contributed by atoms with van der Waals surface area (Å²) in [5.41, 5.74) is -1.82. The van der Waals surface area contributed by atoms with Gasteiger partial charge in [0.15, 0.2) is 11.4 Å². The standard InChI is InChI=1S/C26H36O6/c1-3-4-5-21(30)32-26(20(29)13-27)11-9-19-18-7-6-16-12-17(28)8-10-24(16)15-25(31,22(18)24)14-23(19,26)2/h12,18-19,22,27,31H,3-11,13-15H2,1-2H3/t18-,19-,22-,23-,24+,25+,26-/m0/s1. The van der Waals surface area contributed by atoms with E-state index >= 15 is 0 Å². The molecule has 4 saturated carbocycles. The Bertz CT molecular complexity index is 893. The molecule has 0 saturated heterocycles. The second-order valence-corrected chi connectivity index (χ2v) is 11.5. The number of fused-ring (bicyclic) bond motifs is 2. The number of carbonyl (C=O) groups is 3. The summed E-state index contributed by atoms with van der Waals surface area (Å²) in [6.07, 6.45) is 8.99. The van der Waals surface area contributed by atoms with Gasteiger partial charge in [0.1, 0.15) is 6.61 Å². The van der Waals surface area contributed by atoms with Crippen molar-refractivity contribution in [1.82, 2.24) is 0 Å². The number of aliphatic hydroxyl groups is 2. The summed E-state index contributed by atoms with van der Waals surface area (Å²) in [5, 5.41) is 21.7. The molecule has 2 N–H and O–H groups in total. The van der Waals surface area contributed by atoms with E-state index in [0.29, 0.717) is 32.1 Å². The third-order valence-corrected chi connectivity index (χ3v) is 10.1. The average molecular weight is 445 g/mol. The van der Waals surface area contributed by atoms with Crippen molar-refractivity contribution < 1.29 is 29.3 Å². The average Bonchev–Trinajstić information content (AvgIpc) is 3.03. The van der Waals surface area contributed by atoms with Gasteiger partial charge in [-0.05, 0) is 69.3 Å². The number of aliphatic hydroxyl groups excluding tert-OH is 1. The molecule has 0 heterocycles. The van der Waals surface area contributed by atoms with E-state index in [9.17, 15) is 24.6 Å². The first-order valence-electron chi connectivity index (χ1n) is 12.5. The van der Waals surface area contributed by atoms with E-state index in [-0.39, 0.29) is 41.3 Å². The summed E-state index contributed by atoms with van der Waals surface area (Å²) in [5.74, 6) is -0.110. The van der Waals surface area contributed by atoms with Crippen molar-refractivity contribution in [3.8, 4) is 0 Å². The number of esters is 1. The smallest absolute Gasteiger partial charge is 0.306 e. The molecule has 0 aromatic rings. The SMILES string of the molecule is CCCCC(=O)O[C@]1(C(=O)CO)CC[C@H]2[C@@H]3CCC4=CC(=O)CC[C@@]45C[C@](O)(C[C@@]21C)[C@@H]35. The highest BCUT2D eigenvalue weighted by Gasteiger charge is 2.78. The van der Waals surface area contributed by atoms with Crippen LogP contribution in [0.5, 0.6) is 0 Å². The highest BCUT2D eigenvalue weighted by atomic mass is 16.6. The second-order valence-electron chi connectivity index (χ2n) is 11.5. The number of allylic oxidation sites excluding steroid dienone is 1. The minimum atomic E-state index is -1.36. The number of hydrogen-bond acceptors (Lipinski definition) is 6. The monoisotopic (exact) mass is 444 g/mol. The lowest BCUT2D eigenvalue weighted by molar-refractivity contribution is -0.287. The Labute approximate surface area is 189 Å². The number of carbonyl (C=O) groups excluding carboxylic acids is 3. The Morgan fingerprint density at radius 3 is 2.69 bits per heavy atom. The van der Waals surface area contributed by atoms with Crippen LogP contribution in [-0.2, 0) is 19.1 Å². The maximum absolute atomic E-state index is 13.2. The van der Waals surface area contributed by atoms with Crippen LogP contribution in [0.15, 0.2) is 11.6 Å². The minimum Gasteiger partial charge on any atom is -0.450 e. The second kappa shape index (κ2) is 7.23. The van der Waals surface area contributed by atoms with Crippen molar-refractivity contribution in [3.63, 3.8) is 0 Å². The summed E-state index contributed by atoms with van der Waals surface area (Å²) in [6.45, 7) is 3.36. The van der Waals surface area contributed by atoms with Gasteiger partial charge in [-0.25, -0.2) is 0 Å². The number of ketones is 2. The molecule has 6 nitrogen and oxygen atoms in total. The minimum absolute atomic E-state index is 0.0725. The Balaban J connectivity index is 1.52. The van der Waals surface area contributed by atoms with Crippen LogP contribution in [0.3, 0.4) is 0 Å². The molecule has 5 rings (SSSR count). The van der Waals surface area contributed by atoms with Crippen LogP contribution in [0.4, 0.5) is 0 Å². The van der Waals surface area contributed by atoms with Crippen LogP contribution in [0.1, 0.15) is 84.5 Å². The number of rotatable bonds is 6. The van der Waals surface area contributed by atoms with E-state index in [1.807, 2.05) is 19.9 Å². The van der Waals surface area contributed by atoms with Gasteiger partial charge in [-0.2, -0.15) is 0 Å². The maximum atomic E-state index is 13.2. The predicted octanol–water partition coefficient (Wildman–Crippen LogP) is 3.28. The fraction of sp³-hybridized carbons (Fsp3) is 0.808. The molecule has 32 heavy (non-hydrogen) atoms. The Morgan fingerprint density at radius 1 is 1.19 bits per heavy atom. The largest absolute Gasteiger partial charge is 0.450 e. The first-order chi connectivity index (χ1) is 15.2. The Kier molecular flexibility index (Phi) is 5.03. The Hall–Kier alpha value is -1.53. The lowest BCUT2D eigenvalue weighted by atomic mass is 9.32. The van der Waals surface area contributed by atoms with E-state index < -0.39 is 29.0 Å². The van der Waals surface area contributed by atoms with Gasteiger partial charge in [0.2, 0.25) is 5.78 Å². The van der Waals surface area contributed by atoms with E-state index in [2.05, 4.69) is 0 Å². The molecule has 4 fully saturated rings. The molecule has 7 atom stereocenters. The van der Waals surface area contributed by atoms with Crippen LogP contribution < -0.4 is 0 Å². The highest BCUT2D eigenvalue weighted by Crippen LogP contribution is 2.77. The third kappa shape index (κ3) is 2.68. The first-order valence-corrected chi connectivity index (χ1v) is 12.5. The normalized spacial score (nSPS) is 46.3. The molecule has 176 valence electrons. The van der Waals surface area contributed by atoms with Gasteiger partial charge in [-0.3, -0.25) is 14.4 Å². The molecule has 0 aromatic heterocycles. The fourth-order valence-electron chi connectivity index (χ4n) is 9.08.